The molecule has 0 aromatic carbocycles. The lowest BCUT2D eigenvalue weighted by Crippen LogP contribution is -2.10. The molecule has 1 amide bonds. The lowest BCUT2D eigenvalue weighted by molar-refractivity contribution is -0.105. The van der Waals surface area contributed by atoms with Crippen molar-refractivity contribution < 1.29 is 23.6 Å². The van der Waals surface area contributed by atoms with Crippen LogP contribution in [0.15, 0.2) is 4.52 Å². The number of anilines is 1. The summed E-state index contributed by atoms with van der Waals surface area (Å²) >= 11 is 0. The molecule has 0 radical (unpaired) electrons. The van der Waals surface area contributed by atoms with Crippen LogP contribution in [0.25, 0.3) is 0 Å². The monoisotopic (exact) mass is 228 g/mol. The Balaban J connectivity index is 3.03. The van der Waals surface area contributed by atoms with Crippen LogP contribution in [-0.4, -0.2) is 24.8 Å². The van der Waals surface area contributed by atoms with E-state index in [0.717, 1.165) is 0 Å². The van der Waals surface area contributed by atoms with Gasteiger partial charge in [-0.15, -0.1) is 0 Å². The Morgan fingerprint density at radius 3 is 2.75 bits per heavy atom. The highest BCUT2D eigenvalue weighted by atomic mass is 16.7. The smallest absolute Gasteiger partial charge is 0.437 e. The largest absolute Gasteiger partial charge is 0.513 e. The Bertz CT molecular complexity index is 385. The second-order valence-corrected chi connectivity index (χ2v) is 3.20. The zero-order valence-electron chi connectivity index (χ0n) is 9.14. The summed E-state index contributed by atoms with van der Waals surface area (Å²) in [5, 5.41) is 5.93. The van der Waals surface area contributed by atoms with Crippen LogP contribution in [0.3, 0.4) is 0 Å². The van der Waals surface area contributed by atoms with Crippen LogP contribution in [-0.2, 0) is 9.53 Å². The number of aromatic nitrogens is 1. The maximum Gasteiger partial charge on any atom is 0.513 e. The molecule has 1 aromatic rings. The van der Waals surface area contributed by atoms with Crippen molar-refractivity contribution in [1.29, 1.82) is 0 Å². The second-order valence-electron chi connectivity index (χ2n) is 3.20. The number of hydrogen-bond acceptors (Lipinski definition) is 6. The van der Waals surface area contributed by atoms with Crippen molar-refractivity contribution in [2.45, 2.75) is 19.8 Å². The van der Waals surface area contributed by atoms with Gasteiger partial charge in [-0.05, 0) is 0 Å². The first-order valence-electron chi connectivity index (χ1n) is 4.55. The number of methoxy groups -OCH3 is 1. The fourth-order valence-electron chi connectivity index (χ4n) is 1.03. The van der Waals surface area contributed by atoms with Crippen LogP contribution in [0.2, 0.25) is 0 Å². The molecule has 0 saturated heterocycles. The Morgan fingerprint density at radius 1 is 1.56 bits per heavy atom. The molecule has 7 heteroatoms. The van der Waals surface area contributed by atoms with Gasteiger partial charge in [0.2, 0.25) is 12.2 Å². The number of hydrogen-bond donors (Lipinski definition) is 1. The van der Waals surface area contributed by atoms with E-state index in [1.54, 1.807) is 0 Å². The molecular weight excluding hydrogens is 216 g/mol. The highest BCUT2D eigenvalue weighted by Crippen LogP contribution is 2.33. The van der Waals surface area contributed by atoms with Crippen molar-refractivity contribution in [3.63, 3.8) is 0 Å². The van der Waals surface area contributed by atoms with Crippen LogP contribution in [0, 0.1) is 0 Å². The molecule has 1 N–H and O–H groups in total. The molecule has 0 aliphatic heterocycles. The van der Waals surface area contributed by atoms with E-state index < -0.39 is 6.16 Å². The number of ether oxygens (including phenoxy) is 2. The van der Waals surface area contributed by atoms with E-state index in [-0.39, 0.29) is 17.6 Å². The number of nitrogens with one attached hydrogen (secondary N) is 1. The average molecular weight is 228 g/mol. The van der Waals surface area contributed by atoms with Crippen LogP contribution in [0.4, 0.5) is 10.7 Å². The summed E-state index contributed by atoms with van der Waals surface area (Å²) in [4.78, 5) is 21.3. The first-order valence-corrected chi connectivity index (χ1v) is 4.55. The molecule has 0 spiro atoms. The van der Waals surface area contributed by atoms with Crippen LogP contribution < -0.4 is 10.1 Å². The van der Waals surface area contributed by atoms with E-state index in [9.17, 15) is 9.59 Å². The van der Waals surface area contributed by atoms with Gasteiger partial charge in [-0.1, -0.05) is 19.0 Å². The van der Waals surface area contributed by atoms with Crippen molar-refractivity contribution >= 4 is 18.4 Å². The number of carbonyl (C=O) groups excluding carboxylic acids is 2. The van der Waals surface area contributed by atoms with E-state index in [1.165, 1.54) is 7.11 Å². The Kier molecular flexibility index (Phi) is 3.87. The minimum Gasteiger partial charge on any atom is -0.437 e. The molecule has 1 rings (SSSR count). The normalized spacial score (nSPS) is 10.0. The second kappa shape index (κ2) is 5.15. The summed E-state index contributed by atoms with van der Waals surface area (Å²) in [7, 11) is 1.18. The van der Waals surface area contributed by atoms with E-state index >= 15 is 0 Å². The fourth-order valence-corrected chi connectivity index (χ4v) is 1.03. The SMILES string of the molecule is COC(=O)Oc1c(C(C)C)noc1NC=O. The maximum atomic E-state index is 11.0. The molecule has 0 aliphatic rings. The van der Waals surface area contributed by atoms with Crippen LogP contribution >= 0.6 is 0 Å². The van der Waals surface area contributed by atoms with Gasteiger partial charge in [-0.25, -0.2) is 4.79 Å². The molecule has 16 heavy (non-hydrogen) atoms. The molecule has 0 atom stereocenters. The quantitative estimate of drug-likeness (QED) is 0.620. The predicted molar refractivity (Wildman–Crippen MR) is 53.3 cm³/mol. The van der Waals surface area contributed by atoms with Crippen molar-refractivity contribution in [1.82, 2.24) is 5.16 Å². The molecule has 0 unspecified atom stereocenters. The van der Waals surface area contributed by atoms with Crippen molar-refractivity contribution in [3.05, 3.63) is 5.69 Å². The summed E-state index contributed by atoms with van der Waals surface area (Å²) in [5.41, 5.74) is 0.426. The van der Waals surface area contributed by atoms with Gasteiger partial charge in [0.1, 0.15) is 5.69 Å². The third-order valence-electron chi connectivity index (χ3n) is 1.76. The van der Waals surface area contributed by atoms with Gasteiger partial charge in [0.05, 0.1) is 7.11 Å². The van der Waals surface area contributed by atoms with Gasteiger partial charge in [0.15, 0.2) is 0 Å². The molecule has 1 aromatic heterocycles. The van der Waals surface area contributed by atoms with E-state index in [1.807, 2.05) is 13.8 Å². The fraction of sp³-hybridized carbons (Fsp3) is 0.444. The molecule has 7 nitrogen and oxygen atoms in total. The molecule has 0 saturated carbocycles. The standard InChI is InChI=1S/C9H12N2O5/c1-5(2)6-7(15-9(13)14-3)8(10-4-12)16-11-6/h4-5H,1-3H3,(H,10,12). The Morgan fingerprint density at radius 2 is 2.25 bits per heavy atom. The van der Waals surface area contributed by atoms with Crippen LogP contribution in [0.5, 0.6) is 5.75 Å². The summed E-state index contributed by atoms with van der Waals surface area (Å²) in [5.74, 6) is 0.0173. The number of nitrogens with zero attached hydrogens (tertiary/aromatic N) is 1. The topological polar surface area (TPSA) is 90.7 Å². The first kappa shape index (κ1) is 12.0. The third-order valence-corrected chi connectivity index (χ3v) is 1.76. The first-order chi connectivity index (χ1) is 7.60. The van der Waals surface area contributed by atoms with Gasteiger partial charge in [-0.3, -0.25) is 10.1 Å². The summed E-state index contributed by atoms with van der Waals surface area (Å²) in [6.07, 6.45) is -0.506. The summed E-state index contributed by atoms with van der Waals surface area (Å²) in [6.45, 7) is 3.68. The molecule has 88 valence electrons. The Labute approximate surface area is 91.7 Å². The molecule has 1 heterocycles. The van der Waals surface area contributed by atoms with Crippen molar-refractivity contribution in [2.24, 2.45) is 0 Å². The van der Waals surface area contributed by atoms with Crippen molar-refractivity contribution in [2.75, 3.05) is 12.4 Å². The lowest BCUT2D eigenvalue weighted by Gasteiger charge is -2.04. The lowest BCUT2D eigenvalue weighted by atomic mass is 10.1. The summed E-state index contributed by atoms with van der Waals surface area (Å²) in [6, 6.07) is 0. The molecule has 0 aliphatic carbocycles. The number of carbonyl (C=O) groups is 2. The van der Waals surface area contributed by atoms with Gasteiger partial charge >= 0.3 is 6.16 Å². The van der Waals surface area contributed by atoms with Gasteiger partial charge < -0.3 is 14.0 Å². The van der Waals surface area contributed by atoms with E-state index in [4.69, 9.17) is 9.26 Å². The van der Waals surface area contributed by atoms with E-state index in [0.29, 0.717) is 12.1 Å². The minimum atomic E-state index is -0.904. The Hall–Kier alpha value is -2.05. The molecule has 0 bridgehead atoms. The average Bonchev–Trinajstić information content (AvgIpc) is 2.62. The summed E-state index contributed by atoms with van der Waals surface area (Å²) < 4.78 is 14.0. The molecule has 0 fully saturated rings. The van der Waals surface area contributed by atoms with Gasteiger partial charge in [-0.2, -0.15) is 0 Å². The highest BCUT2D eigenvalue weighted by Gasteiger charge is 2.22. The van der Waals surface area contributed by atoms with Crippen LogP contribution in [0.1, 0.15) is 25.5 Å². The van der Waals surface area contributed by atoms with Gasteiger partial charge in [0.25, 0.3) is 5.88 Å². The number of rotatable bonds is 4. The number of amides is 1. The minimum absolute atomic E-state index is 0.0226. The highest BCUT2D eigenvalue weighted by molar-refractivity contribution is 5.75. The van der Waals surface area contributed by atoms with Crippen molar-refractivity contribution in [3.8, 4) is 5.75 Å². The zero-order valence-corrected chi connectivity index (χ0v) is 9.14. The predicted octanol–water partition coefficient (Wildman–Crippen LogP) is 1.51. The van der Waals surface area contributed by atoms with Gasteiger partial charge in [0, 0.05) is 5.92 Å². The third kappa shape index (κ3) is 2.50. The maximum absolute atomic E-state index is 11.0. The van der Waals surface area contributed by atoms with E-state index in [2.05, 4.69) is 15.2 Å². The zero-order chi connectivity index (χ0) is 12.1. The molecular formula is C9H12N2O5.